The van der Waals surface area contributed by atoms with Crippen molar-refractivity contribution in [2.45, 2.75) is 45.7 Å². The molecule has 0 aromatic heterocycles. The van der Waals surface area contributed by atoms with Crippen LogP contribution in [0.5, 0.6) is 0 Å². The van der Waals surface area contributed by atoms with E-state index in [1.54, 1.807) is 4.90 Å². The number of aryl methyl sites for hydroxylation is 1. The van der Waals surface area contributed by atoms with Crippen molar-refractivity contribution in [3.63, 3.8) is 0 Å². The predicted octanol–water partition coefficient (Wildman–Crippen LogP) is 2.78. The highest BCUT2D eigenvalue weighted by Crippen LogP contribution is 2.28. The van der Waals surface area contributed by atoms with E-state index in [0.29, 0.717) is 12.8 Å². The first-order valence-electron chi connectivity index (χ1n) is 6.89. The molecule has 1 saturated heterocycles. The van der Waals surface area contributed by atoms with Gasteiger partial charge >= 0.3 is 0 Å². The van der Waals surface area contributed by atoms with Crippen LogP contribution in [-0.4, -0.2) is 23.9 Å². The third-order valence-electron chi connectivity index (χ3n) is 3.69. The average Bonchev–Trinajstić information content (AvgIpc) is 2.43. The molecule has 1 aliphatic heterocycles. The fraction of sp³-hybridized carbons (Fsp3) is 0.467. The van der Waals surface area contributed by atoms with Gasteiger partial charge in [0.1, 0.15) is 12.1 Å². The molecule has 2 atom stereocenters. The number of carbonyl (C=O) groups excluding carboxylic acids is 2. The second-order valence-corrected chi connectivity index (χ2v) is 5.89. The molecular formula is C15H19BrN2O2. The molecule has 1 heterocycles. The van der Waals surface area contributed by atoms with E-state index in [1.165, 1.54) is 0 Å². The third-order valence-corrected chi connectivity index (χ3v) is 4.55. The fourth-order valence-corrected chi connectivity index (χ4v) is 2.82. The first-order chi connectivity index (χ1) is 9.49. The summed E-state index contributed by atoms with van der Waals surface area (Å²) >= 11 is 3.48. The Morgan fingerprint density at radius 2 is 1.95 bits per heavy atom. The van der Waals surface area contributed by atoms with Gasteiger partial charge in [-0.1, -0.05) is 35.8 Å². The highest BCUT2D eigenvalue weighted by molar-refractivity contribution is 9.10. The second kappa shape index (κ2) is 5.95. The second-order valence-electron chi connectivity index (χ2n) is 5.04. The predicted molar refractivity (Wildman–Crippen MR) is 82.7 cm³/mol. The number of benzene rings is 1. The van der Waals surface area contributed by atoms with E-state index in [0.717, 1.165) is 15.7 Å². The maximum atomic E-state index is 12.6. The van der Waals surface area contributed by atoms with Crippen molar-refractivity contribution < 1.29 is 9.59 Å². The Balaban J connectivity index is 2.44. The molecule has 1 aromatic rings. The lowest BCUT2D eigenvalue weighted by molar-refractivity contribution is -0.134. The van der Waals surface area contributed by atoms with Crippen molar-refractivity contribution in [3.8, 4) is 0 Å². The van der Waals surface area contributed by atoms with Gasteiger partial charge in [-0.3, -0.25) is 14.5 Å². The molecule has 1 N–H and O–H groups in total. The lowest BCUT2D eigenvalue weighted by Crippen LogP contribution is -2.63. The molecule has 0 aliphatic carbocycles. The summed E-state index contributed by atoms with van der Waals surface area (Å²) in [5.41, 5.74) is 1.87. The Labute approximate surface area is 127 Å². The Bertz CT molecular complexity index is 545. The zero-order valence-electron chi connectivity index (χ0n) is 11.9. The summed E-state index contributed by atoms with van der Waals surface area (Å²) in [4.78, 5) is 26.4. The van der Waals surface area contributed by atoms with Crippen LogP contribution in [0.2, 0.25) is 0 Å². The zero-order chi connectivity index (χ0) is 14.9. The Morgan fingerprint density at radius 1 is 1.25 bits per heavy atom. The van der Waals surface area contributed by atoms with Gasteiger partial charge in [-0.05, 0) is 37.5 Å². The van der Waals surface area contributed by atoms with Crippen molar-refractivity contribution >= 4 is 33.4 Å². The number of halogens is 1. The molecule has 108 valence electrons. The standard InChI is InChI=1S/C15H19BrN2O2/c1-4-12-15(20)18(13(5-2)14(19)17-12)10-7-6-9(3)11(16)8-10/h6-8,12-13H,4-5H2,1-3H3,(H,17,19). The molecule has 2 unspecified atom stereocenters. The van der Waals surface area contributed by atoms with Gasteiger partial charge in [0.2, 0.25) is 11.8 Å². The maximum absolute atomic E-state index is 12.6. The summed E-state index contributed by atoms with van der Waals surface area (Å²) in [6.45, 7) is 5.81. The minimum Gasteiger partial charge on any atom is -0.342 e. The molecule has 1 aliphatic rings. The van der Waals surface area contributed by atoms with Gasteiger partial charge in [-0.25, -0.2) is 0 Å². The zero-order valence-corrected chi connectivity index (χ0v) is 13.5. The minimum absolute atomic E-state index is 0.0327. The Hall–Kier alpha value is -1.36. The topological polar surface area (TPSA) is 49.4 Å². The van der Waals surface area contributed by atoms with Crippen LogP contribution in [0.15, 0.2) is 22.7 Å². The molecular weight excluding hydrogens is 320 g/mol. The van der Waals surface area contributed by atoms with Crippen LogP contribution in [0.1, 0.15) is 32.3 Å². The molecule has 1 fully saturated rings. The number of nitrogens with zero attached hydrogens (tertiary/aromatic N) is 1. The van der Waals surface area contributed by atoms with Crippen molar-refractivity contribution in [3.05, 3.63) is 28.2 Å². The quantitative estimate of drug-likeness (QED) is 0.921. The van der Waals surface area contributed by atoms with E-state index in [2.05, 4.69) is 21.2 Å². The van der Waals surface area contributed by atoms with Crippen molar-refractivity contribution in [2.75, 3.05) is 4.90 Å². The van der Waals surface area contributed by atoms with E-state index in [9.17, 15) is 9.59 Å². The summed E-state index contributed by atoms with van der Waals surface area (Å²) in [5.74, 6) is -0.106. The van der Waals surface area contributed by atoms with E-state index in [-0.39, 0.29) is 11.8 Å². The number of piperazine rings is 1. The monoisotopic (exact) mass is 338 g/mol. The fourth-order valence-electron chi connectivity index (χ4n) is 2.45. The van der Waals surface area contributed by atoms with Crippen LogP contribution in [0, 0.1) is 6.92 Å². The number of anilines is 1. The van der Waals surface area contributed by atoms with Crippen molar-refractivity contribution in [1.82, 2.24) is 5.32 Å². The van der Waals surface area contributed by atoms with Crippen LogP contribution in [-0.2, 0) is 9.59 Å². The van der Waals surface area contributed by atoms with Gasteiger partial charge in [0.15, 0.2) is 0 Å². The molecule has 4 nitrogen and oxygen atoms in total. The summed E-state index contributed by atoms with van der Waals surface area (Å²) in [6.07, 6.45) is 1.20. The van der Waals surface area contributed by atoms with Gasteiger partial charge in [0.25, 0.3) is 0 Å². The molecule has 0 spiro atoms. The van der Waals surface area contributed by atoms with Gasteiger partial charge in [-0.15, -0.1) is 0 Å². The lowest BCUT2D eigenvalue weighted by Gasteiger charge is -2.38. The lowest BCUT2D eigenvalue weighted by atomic mass is 10.0. The normalized spacial score (nSPS) is 22.9. The molecule has 5 heteroatoms. The highest BCUT2D eigenvalue weighted by Gasteiger charge is 2.39. The number of rotatable bonds is 3. The van der Waals surface area contributed by atoms with Crippen LogP contribution >= 0.6 is 15.9 Å². The smallest absolute Gasteiger partial charge is 0.250 e. The van der Waals surface area contributed by atoms with Crippen LogP contribution in [0.4, 0.5) is 5.69 Å². The summed E-state index contributed by atoms with van der Waals surface area (Å²) in [6, 6.07) is 4.89. The van der Waals surface area contributed by atoms with Gasteiger partial charge in [0.05, 0.1) is 0 Å². The molecule has 1 aromatic carbocycles. The Morgan fingerprint density at radius 3 is 2.50 bits per heavy atom. The molecule has 2 amide bonds. The molecule has 0 bridgehead atoms. The highest BCUT2D eigenvalue weighted by atomic mass is 79.9. The number of hydrogen-bond donors (Lipinski definition) is 1. The van der Waals surface area contributed by atoms with E-state index >= 15 is 0 Å². The maximum Gasteiger partial charge on any atom is 0.250 e. The largest absolute Gasteiger partial charge is 0.342 e. The van der Waals surface area contributed by atoms with Gasteiger partial charge in [0, 0.05) is 10.2 Å². The third kappa shape index (κ3) is 2.59. The summed E-state index contributed by atoms with van der Waals surface area (Å²) in [7, 11) is 0. The van der Waals surface area contributed by atoms with E-state index in [4.69, 9.17) is 0 Å². The van der Waals surface area contributed by atoms with Crippen LogP contribution in [0.3, 0.4) is 0 Å². The average molecular weight is 339 g/mol. The number of carbonyl (C=O) groups is 2. The first kappa shape index (κ1) is 15.0. The summed E-state index contributed by atoms with van der Waals surface area (Å²) < 4.78 is 0.941. The van der Waals surface area contributed by atoms with E-state index in [1.807, 2.05) is 39.0 Å². The Kier molecular flexibility index (Phi) is 4.48. The number of hydrogen-bond acceptors (Lipinski definition) is 2. The summed E-state index contributed by atoms with van der Waals surface area (Å²) in [5, 5.41) is 2.80. The van der Waals surface area contributed by atoms with Gasteiger partial charge < -0.3 is 5.32 Å². The first-order valence-corrected chi connectivity index (χ1v) is 7.68. The number of amides is 2. The SMILES string of the molecule is CCC1NC(=O)C(CC)N(c2ccc(C)c(Br)c2)C1=O. The molecule has 2 rings (SSSR count). The minimum atomic E-state index is -0.431. The number of nitrogens with one attached hydrogen (secondary N) is 1. The van der Waals surface area contributed by atoms with Gasteiger partial charge in [-0.2, -0.15) is 0 Å². The molecule has 0 saturated carbocycles. The van der Waals surface area contributed by atoms with Crippen molar-refractivity contribution in [1.29, 1.82) is 0 Å². The van der Waals surface area contributed by atoms with Crippen LogP contribution < -0.4 is 10.2 Å². The van der Waals surface area contributed by atoms with Crippen molar-refractivity contribution in [2.24, 2.45) is 0 Å². The molecule has 20 heavy (non-hydrogen) atoms. The van der Waals surface area contributed by atoms with Crippen LogP contribution in [0.25, 0.3) is 0 Å². The van der Waals surface area contributed by atoms with E-state index < -0.39 is 12.1 Å². The molecule has 0 radical (unpaired) electrons.